The molecule has 0 radical (unpaired) electrons. The normalized spacial score (nSPS) is 13.0. The lowest BCUT2D eigenvalue weighted by molar-refractivity contribution is 0.228. The maximum Gasteiger partial charge on any atom is 0.126 e. The van der Waals surface area contributed by atoms with E-state index in [1.807, 2.05) is 0 Å². The topological polar surface area (TPSA) is 33.1 Å². The van der Waals surface area contributed by atoms with Gasteiger partial charge in [0.05, 0.1) is 9.08 Å². The summed E-state index contributed by atoms with van der Waals surface area (Å²) in [5, 5.41) is 9.88. The van der Waals surface area contributed by atoms with Gasteiger partial charge in [0.25, 0.3) is 0 Å². The van der Waals surface area contributed by atoms with Gasteiger partial charge in [-0.3, -0.25) is 0 Å². The summed E-state index contributed by atoms with van der Waals surface area (Å²) >= 11 is 3.64. The van der Waals surface area contributed by atoms with Gasteiger partial charge in [0, 0.05) is 0 Å². The minimum atomic E-state index is -0.603. The van der Waals surface area contributed by atoms with E-state index in [0.29, 0.717) is 5.01 Å². The Morgan fingerprint density at radius 1 is 1.90 bits per heavy atom. The summed E-state index contributed by atoms with van der Waals surface area (Å²) in [6, 6.07) is 0. The van der Waals surface area contributed by atoms with Gasteiger partial charge >= 0.3 is 0 Å². The van der Waals surface area contributed by atoms with Crippen LogP contribution in [0.25, 0.3) is 0 Å². The standard InChI is InChI=1S/C6H6INOS/c1-2-4(9)6-8-3-5(7)10-6/h2-4,9H,1H2. The molecule has 0 saturated carbocycles. The summed E-state index contributed by atoms with van der Waals surface area (Å²) in [4.78, 5) is 3.98. The molecule has 1 heterocycles. The average Bonchev–Trinajstić information content (AvgIpc) is 2.34. The third-order valence-electron chi connectivity index (χ3n) is 0.972. The first kappa shape index (κ1) is 8.16. The molecule has 10 heavy (non-hydrogen) atoms. The van der Waals surface area contributed by atoms with Crippen LogP contribution in [0.1, 0.15) is 11.1 Å². The number of rotatable bonds is 2. The van der Waals surface area contributed by atoms with Crippen LogP contribution in [-0.2, 0) is 0 Å². The van der Waals surface area contributed by atoms with E-state index in [1.54, 1.807) is 6.20 Å². The zero-order chi connectivity index (χ0) is 7.56. The van der Waals surface area contributed by atoms with Crippen molar-refractivity contribution in [2.24, 2.45) is 0 Å². The first-order valence-corrected chi connectivity index (χ1v) is 4.55. The van der Waals surface area contributed by atoms with Crippen molar-refractivity contribution in [2.45, 2.75) is 6.10 Å². The molecule has 1 rings (SSSR count). The van der Waals surface area contributed by atoms with Gasteiger partial charge in [0.1, 0.15) is 11.1 Å². The molecule has 1 N–H and O–H groups in total. The predicted octanol–water partition coefficient (Wildman–Crippen LogP) is 1.97. The van der Waals surface area contributed by atoms with Crippen molar-refractivity contribution in [3.8, 4) is 0 Å². The van der Waals surface area contributed by atoms with Crippen molar-refractivity contribution in [1.82, 2.24) is 4.98 Å². The highest BCUT2D eigenvalue weighted by atomic mass is 127. The summed E-state index contributed by atoms with van der Waals surface area (Å²) in [7, 11) is 0. The maximum absolute atomic E-state index is 9.17. The van der Waals surface area contributed by atoms with Crippen molar-refractivity contribution in [1.29, 1.82) is 0 Å². The van der Waals surface area contributed by atoms with E-state index in [-0.39, 0.29) is 0 Å². The van der Waals surface area contributed by atoms with Crippen molar-refractivity contribution in [3.05, 3.63) is 26.7 Å². The van der Waals surface area contributed by atoms with Gasteiger partial charge < -0.3 is 5.11 Å². The van der Waals surface area contributed by atoms with E-state index in [9.17, 15) is 0 Å². The number of aliphatic hydroxyl groups is 1. The lowest BCUT2D eigenvalue weighted by Crippen LogP contribution is -1.89. The second kappa shape index (κ2) is 3.45. The van der Waals surface area contributed by atoms with E-state index in [4.69, 9.17) is 5.11 Å². The van der Waals surface area contributed by atoms with Gasteiger partial charge in [-0.25, -0.2) is 4.98 Å². The molecule has 0 spiro atoms. The summed E-state index contributed by atoms with van der Waals surface area (Å²) in [5.41, 5.74) is 0. The Kier molecular flexibility index (Phi) is 2.82. The fourth-order valence-corrected chi connectivity index (χ4v) is 1.95. The second-order valence-corrected chi connectivity index (χ2v) is 4.64. The molecule has 0 aromatic carbocycles. The Bertz CT molecular complexity index is 235. The smallest absolute Gasteiger partial charge is 0.126 e. The number of aromatic nitrogens is 1. The van der Waals surface area contributed by atoms with Crippen molar-refractivity contribution in [2.75, 3.05) is 0 Å². The summed E-state index contributed by atoms with van der Waals surface area (Å²) in [5.74, 6) is 0. The van der Waals surface area contributed by atoms with Crippen LogP contribution in [0.3, 0.4) is 0 Å². The average molecular weight is 267 g/mol. The van der Waals surface area contributed by atoms with Crippen molar-refractivity contribution >= 4 is 33.9 Å². The van der Waals surface area contributed by atoms with E-state index in [0.717, 1.165) is 2.88 Å². The molecule has 0 saturated heterocycles. The third-order valence-corrected chi connectivity index (χ3v) is 2.77. The molecule has 0 amide bonds. The molecule has 0 aliphatic carbocycles. The summed E-state index contributed by atoms with van der Waals surface area (Å²) in [6.45, 7) is 3.46. The molecule has 0 aliphatic rings. The number of aliphatic hydroxyl groups excluding tert-OH is 1. The van der Waals surface area contributed by atoms with E-state index < -0.39 is 6.10 Å². The third kappa shape index (κ3) is 1.77. The summed E-state index contributed by atoms with van der Waals surface area (Å²) in [6.07, 6.45) is 2.59. The Balaban J connectivity index is 2.84. The number of thiazole rings is 1. The summed E-state index contributed by atoms with van der Waals surface area (Å²) < 4.78 is 1.08. The van der Waals surface area contributed by atoms with Gasteiger partial charge in [-0.2, -0.15) is 0 Å². The molecule has 0 bridgehead atoms. The van der Waals surface area contributed by atoms with E-state index in [2.05, 4.69) is 34.2 Å². The van der Waals surface area contributed by atoms with Gasteiger partial charge in [0.15, 0.2) is 0 Å². The van der Waals surface area contributed by atoms with Gasteiger partial charge in [0.2, 0.25) is 0 Å². The minimum absolute atomic E-state index is 0.603. The first-order valence-electron chi connectivity index (χ1n) is 2.66. The Morgan fingerprint density at radius 2 is 2.60 bits per heavy atom. The highest BCUT2D eigenvalue weighted by Gasteiger charge is 2.05. The molecule has 0 aliphatic heterocycles. The lowest BCUT2D eigenvalue weighted by atomic mass is 10.4. The van der Waals surface area contributed by atoms with Gasteiger partial charge in [-0.15, -0.1) is 17.9 Å². The molecule has 2 nitrogen and oxygen atoms in total. The van der Waals surface area contributed by atoms with Gasteiger partial charge in [-0.05, 0) is 22.6 Å². The molecule has 1 atom stereocenters. The number of nitrogens with zero attached hydrogens (tertiary/aromatic N) is 1. The Hall–Kier alpha value is 0.0600. The number of hydrogen-bond donors (Lipinski definition) is 1. The fraction of sp³-hybridized carbons (Fsp3) is 0.167. The Labute approximate surface area is 76.8 Å². The van der Waals surface area contributed by atoms with E-state index in [1.165, 1.54) is 17.4 Å². The lowest BCUT2D eigenvalue weighted by Gasteiger charge is -1.96. The zero-order valence-corrected chi connectivity index (χ0v) is 8.09. The SMILES string of the molecule is C=CC(O)c1ncc(I)s1. The van der Waals surface area contributed by atoms with Crippen LogP contribution in [0.4, 0.5) is 0 Å². The van der Waals surface area contributed by atoms with Crippen molar-refractivity contribution in [3.63, 3.8) is 0 Å². The highest BCUT2D eigenvalue weighted by Crippen LogP contribution is 2.21. The molecule has 0 fully saturated rings. The zero-order valence-electron chi connectivity index (χ0n) is 5.12. The molecular weight excluding hydrogens is 261 g/mol. The van der Waals surface area contributed by atoms with Crippen LogP contribution in [0.2, 0.25) is 0 Å². The molecule has 1 aromatic rings. The van der Waals surface area contributed by atoms with E-state index >= 15 is 0 Å². The molecule has 4 heteroatoms. The van der Waals surface area contributed by atoms with Crippen LogP contribution < -0.4 is 0 Å². The fourth-order valence-electron chi connectivity index (χ4n) is 0.505. The largest absolute Gasteiger partial charge is 0.382 e. The highest BCUT2D eigenvalue weighted by molar-refractivity contribution is 14.1. The minimum Gasteiger partial charge on any atom is -0.382 e. The first-order chi connectivity index (χ1) is 4.74. The van der Waals surface area contributed by atoms with Crippen LogP contribution >= 0.6 is 33.9 Å². The number of hydrogen-bond acceptors (Lipinski definition) is 3. The maximum atomic E-state index is 9.17. The second-order valence-electron chi connectivity index (χ2n) is 1.68. The van der Waals surface area contributed by atoms with Crippen LogP contribution in [0.5, 0.6) is 0 Å². The molecule has 1 unspecified atom stereocenters. The predicted molar refractivity (Wildman–Crippen MR) is 50.0 cm³/mol. The van der Waals surface area contributed by atoms with Crippen molar-refractivity contribution < 1.29 is 5.11 Å². The number of halogens is 1. The van der Waals surface area contributed by atoms with Gasteiger partial charge in [-0.1, -0.05) is 6.08 Å². The van der Waals surface area contributed by atoms with Crippen LogP contribution in [-0.4, -0.2) is 10.1 Å². The monoisotopic (exact) mass is 267 g/mol. The van der Waals surface area contributed by atoms with Crippen LogP contribution in [0.15, 0.2) is 18.9 Å². The molecule has 1 aromatic heterocycles. The quantitative estimate of drug-likeness (QED) is 0.656. The molecular formula is C6H6INOS. The van der Waals surface area contributed by atoms with Crippen LogP contribution in [0, 0.1) is 2.88 Å². The molecule has 54 valence electrons. The Morgan fingerprint density at radius 3 is 3.00 bits per heavy atom.